The molecule has 0 bridgehead atoms. The zero-order valence-corrected chi connectivity index (χ0v) is 15.9. The lowest BCUT2D eigenvalue weighted by Crippen LogP contribution is -2.39. The molecule has 0 spiro atoms. The van der Waals surface area contributed by atoms with Crippen LogP contribution in [0.4, 0.5) is 4.79 Å². The first kappa shape index (κ1) is 21.5. The van der Waals surface area contributed by atoms with Gasteiger partial charge < -0.3 is 20.7 Å². The number of carbonyl (C=O) groups excluding carboxylic acids is 3. The molecule has 26 heavy (non-hydrogen) atoms. The number of hydrogen-bond donors (Lipinski definition) is 3. The minimum Gasteiger partial charge on any atom is -0.452 e. The van der Waals surface area contributed by atoms with Crippen LogP contribution in [0.3, 0.4) is 0 Å². The second kappa shape index (κ2) is 11.1. The lowest BCUT2D eigenvalue weighted by atomic mass is 10.1. The van der Waals surface area contributed by atoms with Crippen molar-refractivity contribution in [1.29, 1.82) is 0 Å². The van der Waals surface area contributed by atoms with Gasteiger partial charge in [-0.2, -0.15) is 0 Å². The molecule has 0 heterocycles. The van der Waals surface area contributed by atoms with E-state index < -0.39 is 5.97 Å². The van der Waals surface area contributed by atoms with Crippen molar-refractivity contribution in [1.82, 2.24) is 16.0 Å². The molecule has 3 N–H and O–H groups in total. The van der Waals surface area contributed by atoms with Crippen molar-refractivity contribution in [3.8, 4) is 0 Å². The number of benzene rings is 1. The van der Waals surface area contributed by atoms with E-state index in [1.807, 2.05) is 27.7 Å². The third-order valence-electron chi connectivity index (χ3n) is 3.53. The van der Waals surface area contributed by atoms with Gasteiger partial charge in [0.25, 0.3) is 5.91 Å². The fraction of sp³-hybridized carbons (Fsp3) is 0.526. The van der Waals surface area contributed by atoms with Crippen LogP contribution < -0.4 is 16.0 Å². The SMILES string of the molecule is CCC[C@@H](C)NC(=O)COC(=O)c1ccc(CNC(=O)NC(C)C)cc1. The quantitative estimate of drug-likeness (QED) is 0.587. The molecule has 0 fully saturated rings. The molecule has 0 aliphatic carbocycles. The highest BCUT2D eigenvalue weighted by molar-refractivity contribution is 5.91. The highest BCUT2D eigenvalue weighted by Gasteiger charge is 2.12. The van der Waals surface area contributed by atoms with Crippen LogP contribution in [0.15, 0.2) is 24.3 Å². The maximum atomic E-state index is 12.0. The number of rotatable bonds is 9. The third kappa shape index (κ3) is 8.50. The molecule has 0 aromatic heterocycles. The number of carbonyl (C=O) groups is 3. The van der Waals surface area contributed by atoms with E-state index in [4.69, 9.17) is 4.74 Å². The highest BCUT2D eigenvalue weighted by atomic mass is 16.5. The molecular formula is C19H29N3O4. The van der Waals surface area contributed by atoms with E-state index in [1.165, 1.54) is 0 Å². The molecule has 3 amide bonds. The second-order valence-electron chi connectivity index (χ2n) is 6.51. The number of amides is 3. The Bertz CT molecular complexity index is 599. The summed E-state index contributed by atoms with van der Waals surface area (Å²) in [5.41, 5.74) is 1.21. The van der Waals surface area contributed by atoms with Gasteiger partial charge in [0.05, 0.1) is 5.56 Å². The van der Waals surface area contributed by atoms with Gasteiger partial charge in [-0.25, -0.2) is 9.59 Å². The largest absolute Gasteiger partial charge is 0.452 e. The van der Waals surface area contributed by atoms with Gasteiger partial charge in [0.15, 0.2) is 6.61 Å². The molecule has 1 aromatic carbocycles. The van der Waals surface area contributed by atoms with E-state index in [9.17, 15) is 14.4 Å². The van der Waals surface area contributed by atoms with Crippen molar-refractivity contribution in [2.75, 3.05) is 6.61 Å². The average Bonchev–Trinajstić information content (AvgIpc) is 2.58. The molecule has 0 saturated carbocycles. The Balaban J connectivity index is 2.41. The first-order valence-electron chi connectivity index (χ1n) is 8.91. The summed E-state index contributed by atoms with van der Waals surface area (Å²) in [5, 5.41) is 8.23. The van der Waals surface area contributed by atoms with Crippen molar-refractivity contribution >= 4 is 17.9 Å². The van der Waals surface area contributed by atoms with E-state index in [2.05, 4.69) is 16.0 Å². The summed E-state index contributed by atoms with van der Waals surface area (Å²) >= 11 is 0. The maximum Gasteiger partial charge on any atom is 0.338 e. The Morgan fingerprint density at radius 1 is 1.04 bits per heavy atom. The fourth-order valence-corrected chi connectivity index (χ4v) is 2.29. The highest BCUT2D eigenvalue weighted by Crippen LogP contribution is 2.06. The second-order valence-corrected chi connectivity index (χ2v) is 6.51. The summed E-state index contributed by atoms with van der Waals surface area (Å²) in [6.45, 7) is 7.77. The van der Waals surface area contributed by atoms with Crippen LogP contribution in [-0.4, -0.2) is 36.6 Å². The molecule has 7 heteroatoms. The summed E-state index contributed by atoms with van der Waals surface area (Å²) in [4.78, 5) is 35.2. The summed E-state index contributed by atoms with van der Waals surface area (Å²) < 4.78 is 5.02. The van der Waals surface area contributed by atoms with Crippen molar-refractivity contribution in [2.24, 2.45) is 0 Å². The number of esters is 1. The van der Waals surface area contributed by atoms with Gasteiger partial charge in [-0.05, 0) is 44.9 Å². The standard InChI is InChI=1S/C19H29N3O4/c1-5-6-14(4)22-17(23)12-26-18(24)16-9-7-15(8-10-16)11-20-19(25)21-13(2)3/h7-10,13-14H,5-6,11-12H2,1-4H3,(H,22,23)(H2,20,21,25)/t14-/m1/s1. The zero-order chi connectivity index (χ0) is 19.5. The van der Waals surface area contributed by atoms with Crippen LogP contribution in [0.25, 0.3) is 0 Å². The van der Waals surface area contributed by atoms with Gasteiger partial charge >= 0.3 is 12.0 Å². The van der Waals surface area contributed by atoms with Crippen LogP contribution in [0.2, 0.25) is 0 Å². The minimum atomic E-state index is -0.555. The summed E-state index contributed by atoms with van der Waals surface area (Å²) in [6, 6.07) is 6.56. The lowest BCUT2D eigenvalue weighted by Gasteiger charge is -2.13. The molecular weight excluding hydrogens is 334 g/mol. The maximum absolute atomic E-state index is 12.0. The smallest absolute Gasteiger partial charge is 0.338 e. The van der Waals surface area contributed by atoms with Gasteiger partial charge in [-0.1, -0.05) is 25.5 Å². The van der Waals surface area contributed by atoms with Crippen molar-refractivity contribution < 1.29 is 19.1 Å². The Morgan fingerprint density at radius 2 is 1.69 bits per heavy atom. The monoisotopic (exact) mass is 363 g/mol. The van der Waals surface area contributed by atoms with E-state index in [-0.39, 0.29) is 30.6 Å². The molecule has 0 unspecified atom stereocenters. The Hall–Kier alpha value is -2.57. The summed E-state index contributed by atoms with van der Waals surface area (Å²) in [6.07, 6.45) is 1.85. The number of hydrogen-bond acceptors (Lipinski definition) is 4. The topological polar surface area (TPSA) is 96.5 Å². The Kier molecular flexibility index (Phi) is 9.19. The first-order valence-corrected chi connectivity index (χ1v) is 8.91. The number of urea groups is 1. The third-order valence-corrected chi connectivity index (χ3v) is 3.53. The molecule has 1 rings (SSSR count). The van der Waals surface area contributed by atoms with Crippen molar-refractivity contribution in [2.45, 2.75) is 59.2 Å². The van der Waals surface area contributed by atoms with Crippen molar-refractivity contribution in [3.05, 3.63) is 35.4 Å². The molecule has 7 nitrogen and oxygen atoms in total. The molecule has 1 aromatic rings. The summed E-state index contributed by atoms with van der Waals surface area (Å²) in [7, 11) is 0. The van der Waals surface area contributed by atoms with Crippen LogP contribution in [0.5, 0.6) is 0 Å². The molecule has 0 saturated heterocycles. The van der Waals surface area contributed by atoms with Gasteiger partial charge in [0.1, 0.15) is 0 Å². The van der Waals surface area contributed by atoms with Crippen molar-refractivity contribution in [3.63, 3.8) is 0 Å². The number of nitrogens with one attached hydrogen (secondary N) is 3. The number of ether oxygens (including phenoxy) is 1. The van der Waals surface area contributed by atoms with Crippen LogP contribution in [0, 0.1) is 0 Å². The normalized spacial score (nSPS) is 11.6. The fourth-order valence-electron chi connectivity index (χ4n) is 2.29. The average molecular weight is 363 g/mol. The predicted molar refractivity (Wildman–Crippen MR) is 99.7 cm³/mol. The lowest BCUT2D eigenvalue weighted by molar-refractivity contribution is -0.124. The Morgan fingerprint density at radius 3 is 2.27 bits per heavy atom. The molecule has 0 radical (unpaired) electrons. The molecule has 144 valence electrons. The molecule has 1 atom stereocenters. The predicted octanol–water partition coefficient (Wildman–Crippen LogP) is 2.36. The molecule has 0 aliphatic heterocycles. The first-order chi connectivity index (χ1) is 12.3. The van der Waals surface area contributed by atoms with Gasteiger partial charge in [-0.15, -0.1) is 0 Å². The Labute approximate surface area is 154 Å². The van der Waals surface area contributed by atoms with E-state index >= 15 is 0 Å². The van der Waals surface area contributed by atoms with Gasteiger partial charge in [0, 0.05) is 18.6 Å². The van der Waals surface area contributed by atoms with E-state index in [1.54, 1.807) is 24.3 Å². The van der Waals surface area contributed by atoms with Crippen LogP contribution in [-0.2, 0) is 16.1 Å². The van der Waals surface area contributed by atoms with Gasteiger partial charge in [0.2, 0.25) is 0 Å². The van der Waals surface area contributed by atoms with Crippen LogP contribution in [0.1, 0.15) is 56.5 Å². The van der Waals surface area contributed by atoms with E-state index in [0.29, 0.717) is 12.1 Å². The minimum absolute atomic E-state index is 0.0610. The van der Waals surface area contributed by atoms with Gasteiger partial charge in [-0.3, -0.25) is 4.79 Å². The zero-order valence-electron chi connectivity index (χ0n) is 15.9. The molecule has 0 aliphatic rings. The van der Waals surface area contributed by atoms with E-state index in [0.717, 1.165) is 18.4 Å². The summed E-state index contributed by atoms with van der Waals surface area (Å²) in [5.74, 6) is -0.864. The van der Waals surface area contributed by atoms with Crippen LogP contribution >= 0.6 is 0 Å².